The molecule has 2 N–H and O–H groups in total. The smallest absolute Gasteiger partial charge is 0.406 e. The molecule has 10 heteroatoms. The Morgan fingerprint density at radius 3 is 2.33 bits per heavy atom. The number of ether oxygens (including phenoxy) is 1. The summed E-state index contributed by atoms with van der Waals surface area (Å²) in [6.45, 7) is 0.0564. The van der Waals surface area contributed by atoms with E-state index in [-0.39, 0.29) is 23.7 Å². The van der Waals surface area contributed by atoms with Gasteiger partial charge in [-0.2, -0.15) is 15.4 Å². The largest absolute Gasteiger partial charge is 0.573 e. The predicted molar refractivity (Wildman–Crippen MR) is 86.1 cm³/mol. The summed E-state index contributed by atoms with van der Waals surface area (Å²) >= 11 is 0. The number of hydrogen-bond donors (Lipinski definition) is 2. The topological polar surface area (TPSA) is 79.9 Å². The molecular weight excluding hydrogens is 368 g/mol. The minimum Gasteiger partial charge on any atom is -0.406 e. The molecule has 0 bridgehead atoms. The van der Waals surface area contributed by atoms with E-state index >= 15 is 0 Å². The van der Waals surface area contributed by atoms with Crippen molar-refractivity contribution in [1.82, 2.24) is 20.7 Å². The summed E-state index contributed by atoms with van der Waals surface area (Å²) < 4.78 is 53.2. The highest BCUT2D eigenvalue weighted by atomic mass is 19.4. The second kappa shape index (κ2) is 7.44. The van der Waals surface area contributed by atoms with Crippen LogP contribution in [-0.4, -0.2) is 27.7 Å². The van der Waals surface area contributed by atoms with Gasteiger partial charge in [-0.25, -0.2) is 4.39 Å². The van der Waals surface area contributed by atoms with Gasteiger partial charge in [-0.15, -0.1) is 13.2 Å². The molecule has 0 saturated heterocycles. The van der Waals surface area contributed by atoms with Gasteiger partial charge < -0.3 is 10.1 Å². The zero-order valence-corrected chi connectivity index (χ0v) is 13.5. The molecule has 1 amide bonds. The Labute approximate surface area is 150 Å². The highest BCUT2D eigenvalue weighted by Crippen LogP contribution is 2.23. The van der Waals surface area contributed by atoms with Crippen LogP contribution >= 0.6 is 0 Å². The first-order chi connectivity index (χ1) is 12.8. The number of amides is 1. The molecule has 1 aromatic heterocycles. The summed E-state index contributed by atoms with van der Waals surface area (Å²) in [5.74, 6) is -1.32. The van der Waals surface area contributed by atoms with Crippen molar-refractivity contribution in [1.29, 1.82) is 0 Å². The van der Waals surface area contributed by atoms with Crippen molar-refractivity contribution in [2.24, 2.45) is 0 Å². The molecule has 0 atom stereocenters. The number of nitrogens with zero attached hydrogens (tertiary/aromatic N) is 2. The molecule has 0 spiro atoms. The number of nitrogens with one attached hydrogen (secondary N) is 2. The van der Waals surface area contributed by atoms with E-state index in [0.717, 1.165) is 12.1 Å². The number of benzene rings is 2. The number of H-pyrrole nitrogens is 1. The molecule has 6 nitrogen and oxygen atoms in total. The summed E-state index contributed by atoms with van der Waals surface area (Å²) in [6.07, 6.45) is -4.76. The van der Waals surface area contributed by atoms with Gasteiger partial charge in [-0.1, -0.05) is 12.1 Å². The number of aromatic amines is 1. The SMILES string of the molecule is O=C(NCc1ccc(OC(F)(F)F)cc1)c1n[nH]nc1-c1ccc(F)cc1. The fraction of sp³-hybridized carbons (Fsp3) is 0.118. The van der Waals surface area contributed by atoms with Crippen LogP contribution in [0.15, 0.2) is 48.5 Å². The molecule has 0 aliphatic rings. The molecule has 3 rings (SSSR count). The van der Waals surface area contributed by atoms with Crippen molar-refractivity contribution >= 4 is 5.91 Å². The zero-order valence-electron chi connectivity index (χ0n) is 13.5. The Kier molecular flexibility index (Phi) is 5.06. The van der Waals surface area contributed by atoms with Crippen molar-refractivity contribution < 1.29 is 27.1 Å². The Balaban J connectivity index is 1.65. The molecule has 0 radical (unpaired) electrons. The highest BCUT2D eigenvalue weighted by molar-refractivity contribution is 5.97. The van der Waals surface area contributed by atoms with Gasteiger partial charge in [0.15, 0.2) is 5.69 Å². The van der Waals surface area contributed by atoms with Crippen LogP contribution in [0.4, 0.5) is 17.6 Å². The second-order valence-corrected chi connectivity index (χ2v) is 5.40. The van der Waals surface area contributed by atoms with Crippen molar-refractivity contribution in [2.75, 3.05) is 0 Å². The lowest BCUT2D eigenvalue weighted by Crippen LogP contribution is -2.24. The summed E-state index contributed by atoms with van der Waals surface area (Å²) in [7, 11) is 0. The molecule has 2 aromatic carbocycles. The lowest BCUT2D eigenvalue weighted by atomic mass is 10.1. The van der Waals surface area contributed by atoms with Crippen molar-refractivity contribution in [2.45, 2.75) is 12.9 Å². The number of aromatic nitrogens is 3. The third-order valence-electron chi connectivity index (χ3n) is 3.49. The fourth-order valence-electron chi connectivity index (χ4n) is 2.27. The maximum Gasteiger partial charge on any atom is 0.573 e. The van der Waals surface area contributed by atoms with Gasteiger partial charge >= 0.3 is 6.36 Å². The molecule has 0 fully saturated rings. The molecule has 140 valence electrons. The summed E-state index contributed by atoms with van der Waals surface area (Å²) in [5.41, 5.74) is 1.33. The molecular formula is C17H12F4N4O2. The second-order valence-electron chi connectivity index (χ2n) is 5.40. The summed E-state index contributed by atoms with van der Waals surface area (Å²) in [4.78, 5) is 12.3. The van der Waals surface area contributed by atoms with Gasteiger partial charge in [-0.3, -0.25) is 4.79 Å². The molecule has 0 aliphatic heterocycles. The van der Waals surface area contributed by atoms with Crippen LogP contribution in [0, 0.1) is 5.82 Å². The standard InChI is InChI=1S/C17H12F4N4O2/c18-12-5-3-11(4-6-12)14-15(24-25-23-14)16(26)22-9-10-1-7-13(8-2-10)27-17(19,20)21/h1-8H,9H2,(H,22,26)(H,23,24,25). The van der Waals surface area contributed by atoms with Gasteiger partial charge in [0.1, 0.15) is 17.3 Å². The number of halogens is 4. The Hall–Kier alpha value is -3.43. The molecule has 0 aliphatic carbocycles. The quantitative estimate of drug-likeness (QED) is 0.665. The molecule has 0 unspecified atom stereocenters. The van der Waals surface area contributed by atoms with E-state index in [1.54, 1.807) is 0 Å². The average molecular weight is 380 g/mol. The number of carbonyl (C=O) groups excluding carboxylic acids is 1. The third-order valence-corrected chi connectivity index (χ3v) is 3.49. The minimum absolute atomic E-state index is 0.0126. The van der Waals surface area contributed by atoms with Gasteiger partial charge in [0.25, 0.3) is 5.91 Å². The van der Waals surface area contributed by atoms with E-state index in [9.17, 15) is 22.4 Å². The van der Waals surface area contributed by atoms with Crippen LogP contribution in [0.25, 0.3) is 11.3 Å². The minimum atomic E-state index is -4.76. The fourth-order valence-corrected chi connectivity index (χ4v) is 2.27. The van der Waals surface area contributed by atoms with Crippen LogP contribution in [0.2, 0.25) is 0 Å². The molecule has 1 heterocycles. The first-order valence-electron chi connectivity index (χ1n) is 7.61. The summed E-state index contributed by atoms with van der Waals surface area (Å²) in [5, 5.41) is 12.6. The van der Waals surface area contributed by atoms with E-state index in [0.29, 0.717) is 11.1 Å². The van der Waals surface area contributed by atoms with E-state index in [4.69, 9.17) is 0 Å². The normalized spacial score (nSPS) is 11.3. The van der Waals surface area contributed by atoms with Gasteiger partial charge in [0.2, 0.25) is 0 Å². The Morgan fingerprint density at radius 2 is 1.70 bits per heavy atom. The van der Waals surface area contributed by atoms with E-state index in [2.05, 4.69) is 25.5 Å². The lowest BCUT2D eigenvalue weighted by Gasteiger charge is -2.09. The lowest BCUT2D eigenvalue weighted by molar-refractivity contribution is -0.274. The maximum atomic E-state index is 13.0. The predicted octanol–water partition coefficient (Wildman–Crippen LogP) is 3.44. The van der Waals surface area contributed by atoms with Crippen molar-refractivity contribution in [3.63, 3.8) is 0 Å². The van der Waals surface area contributed by atoms with Crippen LogP contribution in [0.1, 0.15) is 16.1 Å². The van der Waals surface area contributed by atoms with E-state index in [1.165, 1.54) is 36.4 Å². The van der Waals surface area contributed by atoms with Crippen molar-refractivity contribution in [3.05, 3.63) is 65.6 Å². The van der Waals surface area contributed by atoms with E-state index < -0.39 is 18.1 Å². The molecule has 27 heavy (non-hydrogen) atoms. The van der Waals surface area contributed by atoms with Crippen LogP contribution in [0.5, 0.6) is 5.75 Å². The number of rotatable bonds is 5. The monoisotopic (exact) mass is 380 g/mol. The summed E-state index contributed by atoms with van der Waals surface area (Å²) in [6, 6.07) is 10.5. The van der Waals surface area contributed by atoms with Gasteiger partial charge in [-0.05, 0) is 42.0 Å². The molecule has 3 aromatic rings. The zero-order chi connectivity index (χ0) is 19.4. The van der Waals surface area contributed by atoms with E-state index in [1.807, 2.05) is 0 Å². The first kappa shape index (κ1) is 18.4. The Morgan fingerprint density at radius 1 is 1.04 bits per heavy atom. The average Bonchev–Trinajstić information content (AvgIpc) is 3.10. The van der Waals surface area contributed by atoms with Crippen molar-refractivity contribution in [3.8, 4) is 17.0 Å². The Bertz CT molecular complexity index is 921. The number of hydrogen-bond acceptors (Lipinski definition) is 4. The molecule has 0 saturated carbocycles. The van der Waals surface area contributed by atoms with Gasteiger partial charge in [0, 0.05) is 12.1 Å². The number of carbonyl (C=O) groups is 1. The first-order valence-corrected chi connectivity index (χ1v) is 7.61. The van der Waals surface area contributed by atoms with Crippen LogP contribution in [-0.2, 0) is 6.54 Å². The third kappa shape index (κ3) is 4.81. The van der Waals surface area contributed by atoms with Crippen LogP contribution < -0.4 is 10.1 Å². The maximum absolute atomic E-state index is 13.0. The van der Waals surface area contributed by atoms with Gasteiger partial charge in [0.05, 0.1) is 0 Å². The highest BCUT2D eigenvalue weighted by Gasteiger charge is 2.30. The number of alkyl halides is 3. The van der Waals surface area contributed by atoms with Crippen LogP contribution in [0.3, 0.4) is 0 Å².